The molecule has 0 aliphatic heterocycles. The van der Waals surface area contributed by atoms with Gasteiger partial charge in [0.1, 0.15) is 0 Å². The minimum atomic E-state index is -0.458. The molecule has 1 amide bonds. The number of rotatable bonds is 5. The third kappa shape index (κ3) is 3.69. The molecule has 4 heteroatoms. The standard InChI is InChI=1S/C15H27NO3/c17-10-9-15(7-2-1-3-8-15)11-16-14(19)12-5-4-6-13(12)18/h12-13,17-18H,1-11H2,(H,16,19). The Morgan fingerprint density at radius 2 is 1.89 bits per heavy atom. The zero-order valence-corrected chi connectivity index (χ0v) is 11.7. The minimum absolute atomic E-state index is 0.00730. The van der Waals surface area contributed by atoms with Gasteiger partial charge < -0.3 is 15.5 Å². The van der Waals surface area contributed by atoms with Crippen molar-refractivity contribution in [2.24, 2.45) is 11.3 Å². The summed E-state index contributed by atoms with van der Waals surface area (Å²) in [6, 6.07) is 0. The summed E-state index contributed by atoms with van der Waals surface area (Å²) in [5.74, 6) is -0.206. The number of hydrogen-bond donors (Lipinski definition) is 3. The van der Waals surface area contributed by atoms with Gasteiger partial charge in [-0.05, 0) is 43.9 Å². The fourth-order valence-corrected chi connectivity index (χ4v) is 3.71. The van der Waals surface area contributed by atoms with Crippen molar-refractivity contribution in [1.29, 1.82) is 0 Å². The van der Waals surface area contributed by atoms with Gasteiger partial charge in [0, 0.05) is 13.2 Å². The highest BCUT2D eigenvalue weighted by atomic mass is 16.3. The molecular formula is C15H27NO3. The zero-order valence-electron chi connectivity index (χ0n) is 11.7. The molecule has 3 N–H and O–H groups in total. The quantitative estimate of drug-likeness (QED) is 0.710. The van der Waals surface area contributed by atoms with Gasteiger partial charge in [-0.3, -0.25) is 4.79 Å². The van der Waals surface area contributed by atoms with Crippen LogP contribution in [0, 0.1) is 11.3 Å². The Bertz CT molecular complexity index is 294. The number of aliphatic hydroxyl groups is 2. The van der Waals surface area contributed by atoms with Gasteiger partial charge >= 0.3 is 0 Å². The van der Waals surface area contributed by atoms with Crippen molar-refractivity contribution in [1.82, 2.24) is 5.32 Å². The second-order valence-corrected chi connectivity index (χ2v) is 6.36. The molecule has 0 spiro atoms. The molecule has 0 bridgehead atoms. The molecule has 2 aliphatic carbocycles. The fourth-order valence-electron chi connectivity index (χ4n) is 3.71. The molecule has 2 saturated carbocycles. The fraction of sp³-hybridized carbons (Fsp3) is 0.933. The highest BCUT2D eigenvalue weighted by Crippen LogP contribution is 2.38. The Morgan fingerprint density at radius 1 is 1.16 bits per heavy atom. The lowest BCUT2D eigenvalue weighted by atomic mass is 9.72. The first-order valence-electron chi connectivity index (χ1n) is 7.73. The molecule has 19 heavy (non-hydrogen) atoms. The summed E-state index contributed by atoms with van der Waals surface area (Å²) in [6.07, 6.45) is 8.68. The van der Waals surface area contributed by atoms with Crippen molar-refractivity contribution in [2.75, 3.05) is 13.2 Å². The molecule has 2 aliphatic rings. The van der Waals surface area contributed by atoms with E-state index in [1.165, 1.54) is 19.3 Å². The van der Waals surface area contributed by atoms with Crippen LogP contribution in [0.4, 0.5) is 0 Å². The van der Waals surface area contributed by atoms with Crippen LogP contribution in [-0.4, -0.2) is 35.4 Å². The second kappa shape index (κ2) is 6.71. The lowest BCUT2D eigenvalue weighted by Crippen LogP contribution is -2.43. The average Bonchev–Trinajstić information content (AvgIpc) is 2.84. The van der Waals surface area contributed by atoms with Crippen LogP contribution >= 0.6 is 0 Å². The van der Waals surface area contributed by atoms with Gasteiger partial charge in [0.05, 0.1) is 12.0 Å². The van der Waals surface area contributed by atoms with Crippen LogP contribution < -0.4 is 5.32 Å². The average molecular weight is 269 g/mol. The van der Waals surface area contributed by atoms with Gasteiger partial charge in [-0.2, -0.15) is 0 Å². The van der Waals surface area contributed by atoms with Gasteiger partial charge in [-0.1, -0.05) is 19.3 Å². The molecule has 4 nitrogen and oxygen atoms in total. The van der Waals surface area contributed by atoms with E-state index in [9.17, 15) is 15.0 Å². The summed E-state index contributed by atoms with van der Waals surface area (Å²) in [6.45, 7) is 0.859. The Kier molecular flexibility index (Phi) is 5.22. The van der Waals surface area contributed by atoms with Crippen LogP contribution in [0.2, 0.25) is 0 Å². The summed E-state index contributed by atoms with van der Waals surface area (Å²) in [5.41, 5.74) is 0.0895. The predicted octanol–water partition coefficient (Wildman–Crippen LogP) is 1.60. The van der Waals surface area contributed by atoms with Crippen LogP contribution in [0.1, 0.15) is 57.8 Å². The van der Waals surface area contributed by atoms with Crippen molar-refractivity contribution in [2.45, 2.75) is 63.9 Å². The first-order chi connectivity index (χ1) is 9.17. The number of carbonyl (C=O) groups excluding carboxylic acids is 1. The minimum Gasteiger partial charge on any atom is -0.396 e. The van der Waals surface area contributed by atoms with E-state index in [2.05, 4.69) is 5.32 Å². The third-order valence-corrected chi connectivity index (χ3v) is 5.01. The summed E-state index contributed by atoms with van der Waals surface area (Å²) in [5, 5.41) is 22.1. The van der Waals surface area contributed by atoms with Crippen molar-refractivity contribution < 1.29 is 15.0 Å². The molecule has 2 atom stereocenters. The van der Waals surface area contributed by atoms with E-state index in [1.807, 2.05) is 0 Å². The molecule has 0 saturated heterocycles. The zero-order chi connectivity index (χ0) is 13.7. The molecule has 0 heterocycles. The number of hydrogen-bond acceptors (Lipinski definition) is 3. The van der Waals surface area contributed by atoms with Gasteiger partial charge in [0.25, 0.3) is 0 Å². The Morgan fingerprint density at radius 3 is 2.47 bits per heavy atom. The Balaban J connectivity index is 1.86. The molecule has 0 radical (unpaired) electrons. The normalized spacial score (nSPS) is 30.2. The summed E-state index contributed by atoms with van der Waals surface area (Å²) in [4.78, 5) is 12.1. The number of aliphatic hydroxyl groups excluding tert-OH is 2. The highest BCUT2D eigenvalue weighted by molar-refractivity contribution is 5.79. The Hall–Kier alpha value is -0.610. The van der Waals surface area contributed by atoms with E-state index >= 15 is 0 Å². The number of nitrogens with one attached hydrogen (secondary N) is 1. The van der Waals surface area contributed by atoms with E-state index < -0.39 is 6.10 Å². The third-order valence-electron chi connectivity index (χ3n) is 5.01. The molecule has 2 rings (SSSR count). The van der Waals surface area contributed by atoms with E-state index in [0.29, 0.717) is 6.54 Å². The highest BCUT2D eigenvalue weighted by Gasteiger charge is 2.35. The van der Waals surface area contributed by atoms with Crippen molar-refractivity contribution in [3.8, 4) is 0 Å². The molecule has 0 aromatic carbocycles. The summed E-state index contributed by atoms with van der Waals surface area (Å²) < 4.78 is 0. The van der Waals surface area contributed by atoms with Gasteiger partial charge in [-0.15, -0.1) is 0 Å². The number of carbonyl (C=O) groups is 1. The smallest absolute Gasteiger partial charge is 0.225 e. The Labute approximate surface area is 115 Å². The molecule has 0 aromatic rings. The SMILES string of the molecule is O=C(NCC1(CCO)CCCCC1)C1CCCC1O. The van der Waals surface area contributed by atoms with Crippen LogP contribution in [0.3, 0.4) is 0 Å². The first kappa shape index (κ1) is 14.8. The lowest BCUT2D eigenvalue weighted by Gasteiger charge is -2.37. The number of amides is 1. The van der Waals surface area contributed by atoms with Crippen LogP contribution in [0.25, 0.3) is 0 Å². The first-order valence-corrected chi connectivity index (χ1v) is 7.73. The topological polar surface area (TPSA) is 69.6 Å². The maximum Gasteiger partial charge on any atom is 0.225 e. The molecular weight excluding hydrogens is 242 g/mol. The molecule has 110 valence electrons. The molecule has 2 fully saturated rings. The van der Waals surface area contributed by atoms with Gasteiger partial charge in [-0.25, -0.2) is 0 Å². The van der Waals surface area contributed by atoms with E-state index in [1.54, 1.807) is 0 Å². The molecule has 2 unspecified atom stereocenters. The predicted molar refractivity (Wildman–Crippen MR) is 73.6 cm³/mol. The summed E-state index contributed by atoms with van der Waals surface area (Å²) >= 11 is 0. The monoisotopic (exact) mass is 269 g/mol. The van der Waals surface area contributed by atoms with E-state index in [4.69, 9.17) is 0 Å². The largest absolute Gasteiger partial charge is 0.396 e. The van der Waals surface area contributed by atoms with E-state index in [0.717, 1.165) is 38.5 Å². The van der Waals surface area contributed by atoms with Crippen LogP contribution in [0.5, 0.6) is 0 Å². The summed E-state index contributed by atoms with van der Waals surface area (Å²) in [7, 11) is 0. The maximum atomic E-state index is 12.1. The van der Waals surface area contributed by atoms with Crippen LogP contribution in [0.15, 0.2) is 0 Å². The van der Waals surface area contributed by atoms with Crippen molar-refractivity contribution in [3.63, 3.8) is 0 Å². The lowest BCUT2D eigenvalue weighted by molar-refractivity contribution is -0.128. The van der Waals surface area contributed by atoms with Crippen molar-refractivity contribution >= 4 is 5.91 Å². The second-order valence-electron chi connectivity index (χ2n) is 6.36. The van der Waals surface area contributed by atoms with Crippen LogP contribution in [-0.2, 0) is 4.79 Å². The maximum absolute atomic E-state index is 12.1. The van der Waals surface area contributed by atoms with E-state index in [-0.39, 0.29) is 23.8 Å². The molecule has 0 aromatic heterocycles. The van der Waals surface area contributed by atoms with Crippen molar-refractivity contribution in [3.05, 3.63) is 0 Å². The van der Waals surface area contributed by atoms with Gasteiger partial charge in [0.2, 0.25) is 5.91 Å². The van der Waals surface area contributed by atoms with Gasteiger partial charge in [0.15, 0.2) is 0 Å².